The van der Waals surface area contributed by atoms with Crippen molar-refractivity contribution in [1.29, 1.82) is 0 Å². The van der Waals surface area contributed by atoms with Crippen molar-refractivity contribution in [2.24, 2.45) is 0 Å². The number of benzene rings is 3. The Morgan fingerprint density at radius 2 is 1.67 bits per heavy atom. The van der Waals surface area contributed by atoms with Gasteiger partial charge in [0.25, 0.3) is 10.0 Å². The molecule has 0 aliphatic carbocycles. The van der Waals surface area contributed by atoms with Crippen molar-refractivity contribution in [2.45, 2.75) is 4.90 Å². The molecule has 0 radical (unpaired) electrons. The van der Waals surface area contributed by atoms with Crippen LogP contribution in [0.25, 0.3) is 22.2 Å². The summed E-state index contributed by atoms with van der Waals surface area (Å²) in [5, 5.41) is 0.669. The van der Waals surface area contributed by atoms with Gasteiger partial charge < -0.3 is 14.4 Å². The molecule has 0 atom stereocenters. The number of ether oxygens (including phenoxy) is 2. The summed E-state index contributed by atoms with van der Waals surface area (Å²) in [5.41, 5.74) is 1.74. The predicted octanol–water partition coefficient (Wildman–Crippen LogP) is 5.26. The summed E-state index contributed by atoms with van der Waals surface area (Å²) in [7, 11) is 1.53. The Labute approximate surface area is 202 Å². The van der Waals surface area contributed by atoms with E-state index in [1.54, 1.807) is 43.5 Å². The molecule has 1 heterocycles. The normalized spacial score (nSPS) is 11.8. The molecular weight excluding hydrogens is 504 g/mol. The molecule has 3 aromatic carbocycles. The largest absolute Gasteiger partial charge is 0.497 e. The molecule has 0 saturated carbocycles. The first-order chi connectivity index (χ1) is 15.8. The van der Waals surface area contributed by atoms with Crippen molar-refractivity contribution in [1.82, 2.24) is 8.87 Å². The molecule has 0 aliphatic rings. The van der Waals surface area contributed by atoms with E-state index in [-0.39, 0.29) is 4.90 Å². The monoisotopic (exact) mass is 528 g/mol. The lowest BCUT2D eigenvalue weighted by atomic mass is 10.1. The molecule has 8 heteroatoms. The van der Waals surface area contributed by atoms with Crippen LogP contribution in [0, 0.1) is 0 Å². The molecule has 0 aliphatic heterocycles. The molecule has 0 bridgehead atoms. The molecule has 172 valence electrons. The average molecular weight is 529 g/mol. The third-order valence-corrected chi connectivity index (χ3v) is 8.00. The SMILES string of the molecule is COc1ccc2c(c1)c(OCCN(C)C)c(-c1ccccc1)n2S(=O)(=O)c1ccccc1Br. The average Bonchev–Trinajstić information content (AvgIpc) is 3.14. The van der Waals surface area contributed by atoms with Crippen molar-refractivity contribution in [2.75, 3.05) is 34.4 Å². The van der Waals surface area contributed by atoms with E-state index in [9.17, 15) is 8.42 Å². The van der Waals surface area contributed by atoms with Crippen LogP contribution in [0.2, 0.25) is 0 Å². The van der Waals surface area contributed by atoms with Crippen LogP contribution in [0.15, 0.2) is 82.2 Å². The number of nitrogens with zero attached hydrogens (tertiary/aromatic N) is 2. The van der Waals surface area contributed by atoms with E-state index < -0.39 is 10.0 Å². The second-order valence-electron chi connectivity index (χ2n) is 7.78. The molecule has 4 aromatic rings. The second-order valence-corrected chi connectivity index (χ2v) is 10.4. The highest BCUT2D eigenvalue weighted by Crippen LogP contribution is 2.44. The van der Waals surface area contributed by atoms with Gasteiger partial charge >= 0.3 is 0 Å². The highest BCUT2D eigenvalue weighted by molar-refractivity contribution is 9.10. The Balaban J connectivity index is 2.08. The molecule has 0 unspecified atom stereocenters. The molecule has 0 N–H and O–H groups in total. The fraction of sp³-hybridized carbons (Fsp3) is 0.200. The summed E-state index contributed by atoms with van der Waals surface area (Å²) in [5.74, 6) is 1.13. The van der Waals surface area contributed by atoms with Crippen LogP contribution >= 0.6 is 15.9 Å². The molecule has 0 amide bonds. The first-order valence-electron chi connectivity index (χ1n) is 10.4. The first kappa shape index (κ1) is 23.4. The van der Waals surface area contributed by atoms with Crippen LogP contribution in [0.3, 0.4) is 0 Å². The number of aromatic nitrogens is 1. The van der Waals surface area contributed by atoms with Gasteiger partial charge in [-0.3, -0.25) is 0 Å². The first-order valence-corrected chi connectivity index (χ1v) is 12.6. The van der Waals surface area contributed by atoms with E-state index >= 15 is 0 Å². The summed E-state index contributed by atoms with van der Waals surface area (Å²) in [6, 6.07) is 21.6. The van der Waals surface area contributed by atoms with Gasteiger partial charge in [-0.05, 0) is 60.4 Å². The summed E-state index contributed by atoms with van der Waals surface area (Å²) >= 11 is 3.41. The third kappa shape index (κ3) is 4.51. The number of likely N-dealkylation sites (N-methyl/N-ethyl adjacent to an activating group) is 1. The van der Waals surface area contributed by atoms with Gasteiger partial charge in [-0.15, -0.1) is 0 Å². The maximum absolute atomic E-state index is 14.1. The minimum atomic E-state index is -3.98. The Morgan fingerprint density at radius 3 is 2.33 bits per heavy atom. The lowest BCUT2D eigenvalue weighted by Gasteiger charge is -2.15. The van der Waals surface area contributed by atoms with Gasteiger partial charge in [0, 0.05) is 22.0 Å². The Bertz CT molecular complexity index is 1380. The topological polar surface area (TPSA) is 60.8 Å². The van der Waals surface area contributed by atoms with E-state index in [1.807, 2.05) is 55.4 Å². The van der Waals surface area contributed by atoms with Gasteiger partial charge in [-0.1, -0.05) is 42.5 Å². The third-order valence-electron chi connectivity index (χ3n) is 5.27. The highest BCUT2D eigenvalue weighted by Gasteiger charge is 2.30. The van der Waals surface area contributed by atoms with Gasteiger partial charge in [-0.25, -0.2) is 12.4 Å². The zero-order chi connectivity index (χ0) is 23.6. The molecule has 4 rings (SSSR count). The Kier molecular flexibility index (Phi) is 6.78. The van der Waals surface area contributed by atoms with Gasteiger partial charge in [0.2, 0.25) is 0 Å². The van der Waals surface area contributed by atoms with Crippen molar-refractivity contribution < 1.29 is 17.9 Å². The van der Waals surface area contributed by atoms with Gasteiger partial charge in [0.1, 0.15) is 22.9 Å². The van der Waals surface area contributed by atoms with Crippen LogP contribution in [0.1, 0.15) is 0 Å². The van der Waals surface area contributed by atoms with E-state index in [0.717, 1.165) is 5.56 Å². The molecular formula is C25H25BrN2O4S. The maximum atomic E-state index is 14.1. The molecule has 0 saturated heterocycles. The van der Waals surface area contributed by atoms with Crippen LogP contribution in [-0.4, -0.2) is 51.6 Å². The van der Waals surface area contributed by atoms with E-state index in [2.05, 4.69) is 15.9 Å². The van der Waals surface area contributed by atoms with Gasteiger partial charge in [0.15, 0.2) is 5.75 Å². The highest BCUT2D eigenvalue weighted by atomic mass is 79.9. The van der Waals surface area contributed by atoms with Crippen molar-refractivity contribution in [3.05, 3.63) is 77.3 Å². The van der Waals surface area contributed by atoms with E-state index in [0.29, 0.717) is 45.7 Å². The van der Waals surface area contributed by atoms with Crippen molar-refractivity contribution in [3.8, 4) is 22.8 Å². The fourth-order valence-corrected chi connectivity index (χ4v) is 6.17. The van der Waals surface area contributed by atoms with Crippen LogP contribution in [0.5, 0.6) is 11.5 Å². The number of rotatable bonds is 8. The molecule has 0 fully saturated rings. The van der Waals surface area contributed by atoms with Crippen molar-refractivity contribution >= 4 is 36.9 Å². The Hall–Kier alpha value is -2.81. The summed E-state index contributed by atoms with van der Waals surface area (Å²) in [4.78, 5) is 2.19. The molecule has 6 nitrogen and oxygen atoms in total. The smallest absolute Gasteiger partial charge is 0.269 e. The maximum Gasteiger partial charge on any atom is 0.269 e. The zero-order valence-corrected chi connectivity index (χ0v) is 21.1. The lowest BCUT2D eigenvalue weighted by Crippen LogP contribution is -2.20. The van der Waals surface area contributed by atoms with E-state index in [4.69, 9.17) is 9.47 Å². The fourth-order valence-electron chi connectivity index (χ4n) is 3.66. The quantitative estimate of drug-likeness (QED) is 0.312. The van der Waals surface area contributed by atoms with Crippen molar-refractivity contribution in [3.63, 3.8) is 0 Å². The number of hydrogen-bond donors (Lipinski definition) is 0. The van der Waals surface area contributed by atoms with Crippen LogP contribution in [-0.2, 0) is 10.0 Å². The number of hydrogen-bond acceptors (Lipinski definition) is 5. The van der Waals surface area contributed by atoms with Gasteiger partial charge in [-0.2, -0.15) is 0 Å². The molecule has 33 heavy (non-hydrogen) atoms. The number of fused-ring (bicyclic) bond motifs is 1. The minimum absolute atomic E-state index is 0.176. The van der Waals surface area contributed by atoms with Gasteiger partial charge in [0.05, 0.1) is 12.6 Å². The van der Waals surface area contributed by atoms with E-state index in [1.165, 1.54) is 3.97 Å². The second kappa shape index (κ2) is 9.59. The zero-order valence-electron chi connectivity index (χ0n) is 18.7. The van der Waals surface area contributed by atoms with Crippen LogP contribution < -0.4 is 9.47 Å². The summed E-state index contributed by atoms with van der Waals surface area (Å²) in [6.07, 6.45) is 0. The number of halogens is 1. The summed E-state index contributed by atoms with van der Waals surface area (Å²) < 4.78 is 41.7. The molecule has 1 aromatic heterocycles. The minimum Gasteiger partial charge on any atom is -0.497 e. The van der Waals surface area contributed by atoms with Crippen LogP contribution in [0.4, 0.5) is 0 Å². The predicted molar refractivity (Wildman–Crippen MR) is 135 cm³/mol. The molecule has 0 spiro atoms. The Morgan fingerprint density at radius 1 is 0.970 bits per heavy atom. The lowest BCUT2D eigenvalue weighted by molar-refractivity contribution is 0.264. The summed E-state index contributed by atoms with van der Waals surface area (Å²) in [6.45, 7) is 1.08. The standard InChI is InChI=1S/C25H25BrN2O4S/c1-27(2)15-16-32-25-20-17-19(31-3)13-14-22(20)28(24(25)18-9-5-4-6-10-18)33(29,30)23-12-8-7-11-21(23)26/h4-14,17H,15-16H2,1-3H3. The number of methoxy groups -OCH3 is 1.